The van der Waals surface area contributed by atoms with E-state index in [-0.39, 0.29) is 42.9 Å². The van der Waals surface area contributed by atoms with Gasteiger partial charge in [-0.05, 0) is 24.8 Å². The van der Waals surface area contributed by atoms with Gasteiger partial charge in [0.25, 0.3) is 5.56 Å². The Kier molecular flexibility index (Phi) is 10.2. The Morgan fingerprint density at radius 1 is 1.12 bits per heavy atom. The zero-order valence-corrected chi connectivity index (χ0v) is 19.0. The molecule has 2 heterocycles. The number of hydrogen-bond acceptors (Lipinski definition) is 8. The van der Waals surface area contributed by atoms with Crippen molar-refractivity contribution in [2.24, 2.45) is 5.92 Å². The number of fused-ring (bicyclic) bond motifs is 1. The number of carbonyl (C=O) groups is 2. The van der Waals surface area contributed by atoms with Crippen molar-refractivity contribution in [3.63, 3.8) is 0 Å². The molecule has 3 atom stereocenters. The van der Waals surface area contributed by atoms with Crippen LogP contribution in [-0.2, 0) is 9.59 Å². The third kappa shape index (κ3) is 7.39. The number of aromatic nitrogens is 4. The third-order valence-corrected chi connectivity index (χ3v) is 5.85. The number of nitrogens with two attached hydrogens (primary N) is 1. The van der Waals surface area contributed by atoms with Crippen molar-refractivity contribution >= 4 is 29.1 Å². The van der Waals surface area contributed by atoms with E-state index in [9.17, 15) is 24.6 Å². The molecule has 12 heteroatoms. The number of aliphatic carboxylic acids is 2. The number of anilines is 1. The zero-order chi connectivity index (χ0) is 25.3. The quantitative estimate of drug-likeness (QED) is 0.202. The number of rotatable bonds is 11. The molecule has 0 saturated heterocycles. The number of H-pyrrole nitrogens is 1. The molecule has 1 fully saturated rings. The fraction of sp³-hybridized carbons (Fsp3) is 0.591. The molecule has 0 bridgehead atoms. The summed E-state index contributed by atoms with van der Waals surface area (Å²) in [4.78, 5) is 42.5. The lowest BCUT2D eigenvalue weighted by atomic mass is 10.0. The van der Waals surface area contributed by atoms with E-state index in [1.807, 2.05) is 0 Å². The number of carboxylic acids is 2. The van der Waals surface area contributed by atoms with Crippen LogP contribution >= 0.6 is 0 Å². The van der Waals surface area contributed by atoms with Gasteiger partial charge in [0.15, 0.2) is 11.2 Å². The van der Waals surface area contributed by atoms with E-state index in [0.717, 1.165) is 38.5 Å². The van der Waals surface area contributed by atoms with Crippen LogP contribution < -0.4 is 11.3 Å². The third-order valence-electron chi connectivity index (χ3n) is 5.85. The van der Waals surface area contributed by atoms with Gasteiger partial charge in [0.2, 0.25) is 5.95 Å². The van der Waals surface area contributed by atoms with Crippen LogP contribution in [0.25, 0.3) is 11.2 Å². The summed E-state index contributed by atoms with van der Waals surface area (Å²) in [7, 11) is 0. The lowest BCUT2D eigenvalue weighted by molar-refractivity contribution is -0.138. The van der Waals surface area contributed by atoms with E-state index in [1.165, 1.54) is 6.33 Å². The fourth-order valence-corrected chi connectivity index (χ4v) is 4.00. The van der Waals surface area contributed by atoms with Crippen LogP contribution in [0.3, 0.4) is 0 Å². The molecule has 2 aromatic heterocycles. The smallest absolute Gasteiger partial charge is 0.303 e. The standard InChI is InChI=1S/C12H15N5O3.C10H18O4/c1-5-6(3-18)8(19)2-7(5)17-4-14-9-10(17)15-12(13)16-11(9)20;11-9(12)7-5-3-1-2-4-6-8-10(13)14/h4,6-8,18-19H,1-3H2,(H3,13,15,16,20);1-8H2,(H,11,12)(H,13,14)/t6-,7-,8-;/m0./s1. The van der Waals surface area contributed by atoms with E-state index in [1.54, 1.807) is 4.57 Å². The number of aliphatic hydroxyl groups is 2. The number of imidazole rings is 1. The van der Waals surface area contributed by atoms with Crippen LogP contribution in [0.5, 0.6) is 0 Å². The van der Waals surface area contributed by atoms with Crippen LogP contribution in [-0.4, -0.2) is 64.6 Å². The summed E-state index contributed by atoms with van der Waals surface area (Å²) in [6.45, 7) is 3.76. The predicted molar refractivity (Wildman–Crippen MR) is 124 cm³/mol. The molecule has 188 valence electrons. The average Bonchev–Trinajstić information content (AvgIpc) is 3.30. The second-order valence-corrected chi connectivity index (χ2v) is 8.37. The number of carboxylic acid groups (broad SMARTS) is 2. The second kappa shape index (κ2) is 12.8. The van der Waals surface area contributed by atoms with E-state index in [0.29, 0.717) is 17.6 Å². The molecule has 2 aromatic rings. The number of nitrogens with one attached hydrogen (secondary N) is 1. The lowest BCUT2D eigenvalue weighted by Gasteiger charge is -2.15. The Hall–Kier alpha value is -3.25. The Bertz CT molecular complexity index is 1030. The highest BCUT2D eigenvalue weighted by atomic mass is 16.4. The van der Waals surface area contributed by atoms with Crippen molar-refractivity contribution in [1.82, 2.24) is 19.5 Å². The van der Waals surface area contributed by atoms with Gasteiger partial charge in [-0.15, -0.1) is 0 Å². The van der Waals surface area contributed by atoms with E-state index in [4.69, 9.17) is 15.9 Å². The molecule has 0 spiro atoms. The molecule has 0 radical (unpaired) electrons. The molecule has 7 N–H and O–H groups in total. The number of aliphatic hydroxyl groups excluding tert-OH is 2. The molecule has 0 aliphatic heterocycles. The molecule has 12 nitrogen and oxygen atoms in total. The number of unbranched alkanes of at least 4 members (excludes halogenated alkanes) is 5. The van der Waals surface area contributed by atoms with Gasteiger partial charge in [-0.25, -0.2) is 4.98 Å². The molecular weight excluding hydrogens is 446 g/mol. The summed E-state index contributed by atoms with van der Waals surface area (Å²) >= 11 is 0. The van der Waals surface area contributed by atoms with Crippen molar-refractivity contribution in [3.05, 3.63) is 28.8 Å². The molecule has 0 aromatic carbocycles. The van der Waals surface area contributed by atoms with Crippen LogP contribution in [0.1, 0.15) is 63.8 Å². The van der Waals surface area contributed by atoms with Crippen LogP contribution in [0.2, 0.25) is 0 Å². The topological polar surface area (TPSA) is 205 Å². The predicted octanol–water partition coefficient (Wildman–Crippen LogP) is 1.45. The summed E-state index contributed by atoms with van der Waals surface area (Å²) in [6.07, 6.45) is 7.03. The van der Waals surface area contributed by atoms with Gasteiger partial charge in [0.1, 0.15) is 0 Å². The Morgan fingerprint density at radius 3 is 2.18 bits per heavy atom. The van der Waals surface area contributed by atoms with Gasteiger partial charge in [-0.2, -0.15) is 4.98 Å². The largest absolute Gasteiger partial charge is 0.481 e. The van der Waals surface area contributed by atoms with Crippen LogP contribution in [0, 0.1) is 5.92 Å². The van der Waals surface area contributed by atoms with E-state index >= 15 is 0 Å². The first-order valence-corrected chi connectivity index (χ1v) is 11.3. The molecule has 1 aliphatic rings. The Morgan fingerprint density at radius 2 is 1.68 bits per heavy atom. The Balaban J connectivity index is 0.000000259. The SMILES string of the molecule is C=C1[C@H](CO)[C@@H](O)C[C@@H]1n1cnc2c(=O)[nH]c(N)nc21.O=C(O)CCCCCCCCC(=O)O. The summed E-state index contributed by atoms with van der Waals surface area (Å²) in [5.41, 5.74) is 6.37. The van der Waals surface area contributed by atoms with Gasteiger partial charge in [-0.3, -0.25) is 19.4 Å². The molecule has 1 aliphatic carbocycles. The van der Waals surface area contributed by atoms with Gasteiger partial charge < -0.3 is 30.7 Å². The minimum absolute atomic E-state index is 0.00659. The number of nitrogen functional groups attached to an aromatic ring is 1. The van der Waals surface area contributed by atoms with Gasteiger partial charge in [-0.1, -0.05) is 32.3 Å². The first-order chi connectivity index (χ1) is 16.1. The van der Waals surface area contributed by atoms with Gasteiger partial charge in [0, 0.05) is 18.8 Å². The van der Waals surface area contributed by atoms with Crippen LogP contribution in [0.15, 0.2) is 23.3 Å². The van der Waals surface area contributed by atoms with Crippen molar-refractivity contribution in [2.75, 3.05) is 12.3 Å². The second-order valence-electron chi connectivity index (χ2n) is 8.37. The van der Waals surface area contributed by atoms with E-state index in [2.05, 4.69) is 21.5 Å². The summed E-state index contributed by atoms with van der Waals surface area (Å²) in [5, 5.41) is 35.9. The van der Waals surface area contributed by atoms with Crippen molar-refractivity contribution in [3.8, 4) is 0 Å². The lowest BCUT2D eigenvalue weighted by Crippen LogP contribution is -2.17. The maximum absolute atomic E-state index is 11.7. The number of hydrogen-bond donors (Lipinski definition) is 6. The minimum Gasteiger partial charge on any atom is -0.481 e. The minimum atomic E-state index is -0.740. The highest BCUT2D eigenvalue weighted by Gasteiger charge is 2.37. The highest BCUT2D eigenvalue weighted by Crippen LogP contribution is 2.39. The van der Waals surface area contributed by atoms with Crippen molar-refractivity contribution in [1.29, 1.82) is 0 Å². The summed E-state index contributed by atoms with van der Waals surface area (Å²) in [5.74, 6) is -1.85. The zero-order valence-electron chi connectivity index (χ0n) is 19.0. The van der Waals surface area contributed by atoms with Gasteiger partial charge >= 0.3 is 11.9 Å². The first kappa shape index (κ1) is 27.0. The first-order valence-electron chi connectivity index (χ1n) is 11.3. The summed E-state index contributed by atoms with van der Waals surface area (Å²) < 4.78 is 1.67. The molecule has 1 saturated carbocycles. The monoisotopic (exact) mass is 479 g/mol. The molecular formula is C22H33N5O7. The fourth-order valence-electron chi connectivity index (χ4n) is 4.00. The highest BCUT2D eigenvalue weighted by molar-refractivity contribution is 5.71. The average molecular weight is 480 g/mol. The van der Waals surface area contributed by atoms with Crippen LogP contribution in [0.4, 0.5) is 5.95 Å². The van der Waals surface area contributed by atoms with Gasteiger partial charge in [0.05, 0.1) is 25.1 Å². The normalized spacial score (nSPS) is 19.7. The summed E-state index contributed by atoms with van der Waals surface area (Å²) in [6, 6.07) is -0.263. The molecule has 0 unspecified atom stereocenters. The Labute approximate surface area is 196 Å². The number of aromatic amines is 1. The number of nitrogens with zero attached hydrogens (tertiary/aromatic N) is 3. The van der Waals surface area contributed by atoms with Crippen molar-refractivity contribution < 1.29 is 30.0 Å². The molecule has 0 amide bonds. The maximum atomic E-state index is 11.7. The molecule has 34 heavy (non-hydrogen) atoms. The van der Waals surface area contributed by atoms with Crippen molar-refractivity contribution in [2.45, 2.75) is 69.9 Å². The molecule has 3 rings (SSSR count). The van der Waals surface area contributed by atoms with E-state index < -0.39 is 23.6 Å². The maximum Gasteiger partial charge on any atom is 0.303 e.